The number of aromatic nitrogens is 2. The van der Waals surface area contributed by atoms with Crippen LogP contribution in [0, 0.1) is 0 Å². The van der Waals surface area contributed by atoms with Crippen LogP contribution in [-0.4, -0.2) is 23.4 Å². The molecule has 5 heteroatoms. The van der Waals surface area contributed by atoms with Crippen molar-refractivity contribution in [2.24, 2.45) is 5.73 Å². The number of hydrogen-bond acceptors (Lipinski definition) is 3. The number of nitrogens with zero attached hydrogens (tertiary/aromatic N) is 2. The first-order valence-electron chi connectivity index (χ1n) is 6.87. The smallest absolute Gasteiger partial charge is 0.126 e. The molecule has 0 aliphatic carbocycles. The van der Waals surface area contributed by atoms with Crippen molar-refractivity contribution in [1.82, 2.24) is 9.78 Å². The largest absolute Gasteiger partial charge is 0.496 e. The van der Waals surface area contributed by atoms with Gasteiger partial charge in [-0.3, -0.25) is 4.68 Å². The number of ether oxygens (including phenoxy) is 1. The fourth-order valence-corrected chi connectivity index (χ4v) is 3.25. The van der Waals surface area contributed by atoms with Crippen LogP contribution in [0.5, 0.6) is 5.75 Å². The fourth-order valence-electron chi connectivity index (χ4n) is 2.89. The van der Waals surface area contributed by atoms with Gasteiger partial charge < -0.3 is 10.5 Å². The molecule has 2 heterocycles. The summed E-state index contributed by atoms with van der Waals surface area (Å²) in [7, 11) is 1.71. The van der Waals surface area contributed by atoms with Crippen LogP contribution in [0.15, 0.2) is 22.7 Å². The van der Waals surface area contributed by atoms with Gasteiger partial charge in [-0.05, 0) is 37.6 Å². The number of hydrogen-bond donors (Lipinski definition) is 1. The Labute approximate surface area is 127 Å². The molecule has 1 aliphatic heterocycles. The minimum Gasteiger partial charge on any atom is -0.496 e. The average Bonchev–Trinajstić information content (AvgIpc) is 2.99. The molecule has 1 aromatic carbocycles. The summed E-state index contributed by atoms with van der Waals surface area (Å²) in [5.41, 5.74) is 10.4. The molecule has 2 aromatic rings. The quantitative estimate of drug-likeness (QED) is 0.934. The van der Waals surface area contributed by atoms with Crippen LogP contribution in [0.1, 0.15) is 17.8 Å². The molecule has 0 unspecified atom stereocenters. The molecule has 3 rings (SSSR count). The van der Waals surface area contributed by atoms with E-state index in [2.05, 4.69) is 26.7 Å². The predicted molar refractivity (Wildman–Crippen MR) is 83.0 cm³/mol. The summed E-state index contributed by atoms with van der Waals surface area (Å²) in [6, 6.07) is 6.09. The van der Waals surface area contributed by atoms with E-state index in [0.29, 0.717) is 6.54 Å². The molecule has 0 bridgehead atoms. The molecule has 20 heavy (non-hydrogen) atoms. The fraction of sp³-hybridized carbons (Fsp3) is 0.400. The van der Waals surface area contributed by atoms with Crippen molar-refractivity contribution >= 4 is 15.9 Å². The summed E-state index contributed by atoms with van der Waals surface area (Å²) in [6.07, 6.45) is 3.03. The third-order valence-electron chi connectivity index (χ3n) is 3.73. The van der Waals surface area contributed by atoms with E-state index < -0.39 is 0 Å². The molecule has 106 valence electrons. The maximum absolute atomic E-state index is 5.74. The molecule has 4 nitrogen and oxygen atoms in total. The van der Waals surface area contributed by atoms with Gasteiger partial charge in [0, 0.05) is 34.3 Å². The van der Waals surface area contributed by atoms with Crippen LogP contribution in [0.3, 0.4) is 0 Å². The van der Waals surface area contributed by atoms with E-state index in [0.717, 1.165) is 47.3 Å². The lowest BCUT2D eigenvalue weighted by molar-refractivity contribution is 0.416. The molecule has 0 amide bonds. The first-order valence-corrected chi connectivity index (χ1v) is 7.66. The first kappa shape index (κ1) is 13.6. The highest BCUT2D eigenvalue weighted by Gasteiger charge is 2.24. The second-order valence-corrected chi connectivity index (χ2v) is 5.89. The van der Waals surface area contributed by atoms with Gasteiger partial charge in [0.15, 0.2) is 0 Å². The molecule has 0 atom stereocenters. The minimum atomic E-state index is 0.611. The maximum atomic E-state index is 5.74. The molecule has 0 spiro atoms. The summed E-state index contributed by atoms with van der Waals surface area (Å²) in [4.78, 5) is 0. The number of halogens is 1. The Morgan fingerprint density at radius 1 is 1.45 bits per heavy atom. The molecule has 0 radical (unpaired) electrons. The number of rotatable bonds is 4. The lowest BCUT2D eigenvalue weighted by Gasteiger charge is -2.11. The number of aryl methyl sites for hydroxylation is 1. The summed E-state index contributed by atoms with van der Waals surface area (Å²) >= 11 is 3.55. The third-order valence-corrected chi connectivity index (χ3v) is 4.22. The van der Waals surface area contributed by atoms with Crippen molar-refractivity contribution in [3.63, 3.8) is 0 Å². The molecular formula is C15H18BrN3O. The van der Waals surface area contributed by atoms with E-state index in [1.54, 1.807) is 7.11 Å². The Kier molecular flexibility index (Phi) is 3.81. The SMILES string of the molecule is COc1ccc(Br)cc1-c1c(CCN)nn2c1CCC2. The van der Waals surface area contributed by atoms with Crippen molar-refractivity contribution in [1.29, 1.82) is 0 Å². The molecule has 1 aromatic heterocycles. The molecule has 1 aliphatic rings. The van der Waals surface area contributed by atoms with Gasteiger partial charge in [-0.25, -0.2) is 0 Å². The van der Waals surface area contributed by atoms with E-state index in [1.807, 2.05) is 12.1 Å². The highest BCUT2D eigenvalue weighted by Crippen LogP contribution is 2.39. The highest BCUT2D eigenvalue weighted by molar-refractivity contribution is 9.10. The minimum absolute atomic E-state index is 0.611. The Morgan fingerprint density at radius 2 is 2.30 bits per heavy atom. The highest BCUT2D eigenvalue weighted by atomic mass is 79.9. The van der Waals surface area contributed by atoms with E-state index in [1.165, 1.54) is 11.3 Å². The van der Waals surface area contributed by atoms with Gasteiger partial charge in [-0.1, -0.05) is 15.9 Å². The Balaban J connectivity index is 2.20. The number of methoxy groups -OCH3 is 1. The van der Waals surface area contributed by atoms with Crippen LogP contribution in [-0.2, 0) is 19.4 Å². The summed E-state index contributed by atoms with van der Waals surface area (Å²) in [5, 5.41) is 4.73. The second kappa shape index (κ2) is 5.58. The number of nitrogens with two attached hydrogens (primary N) is 1. The van der Waals surface area contributed by atoms with Crippen molar-refractivity contribution in [2.45, 2.75) is 25.8 Å². The van der Waals surface area contributed by atoms with Crippen molar-refractivity contribution in [3.05, 3.63) is 34.1 Å². The zero-order chi connectivity index (χ0) is 14.1. The van der Waals surface area contributed by atoms with Gasteiger partial charge in [0.25, 0.3) is 0 Å². The molecule has 0 fully saturated rings. The van der Waals surface area contributed by atoms with E-state index in [4.69, 9.17) is 15.6 Å². The van der Waals surface area contributed by atoms with Crippen molar-refractivity contribution in [3.8, 4) is 16.9 Å². The van der Waals surface area contributed by atoms with E-state index in [9.17, 15) is 0 Å². The van der Waals surface area contributed by atoms with Gasteiger partial charge >= 0.3 is 0 Å². The lowest BCUT2D eigenvalue weighted by Crippen LogP contribution is -2.05. The first-order chi connectivity index (χ1) is 9.74. The number of benzene rings is 1. The standard InChI is InChI=1S/C15H18BrN3O/c1-20-14-5-4-10(16)9-11(14)15-12(6-7-17)18-19-8-2-3-13(15)19/h4-5,9H,2-3,6-8,17H2,1H3. The Morgan fingerprint density at radius 3 is 3.05 bits per heavy atom. The summed E-state index contributed by atoms with van der Waals surface area (Å²) in [5.74, 6) is 0.883. The van der Waals surface area contributed by atoms with Crippen LogP contribution in [0.25, 0.3) is 11.1 Å². The van der Waals surface area contributed by atoms with Crippen LogP contribution in [0.4, 0.5) is 0 Å². The summed E-state index contributed by atoms with van der Waals surface area (Å²) in [6.45, 7) is 1.61. The van der Waals surface area contributed by atoms with Crippen LogP contribution in [0.2, 0.25) is 0 Å². The van der Waals surface area contributed by atoms with Crippen LogP contribution >= 0.6 is 15.9 Å². The third kappa shape index (κ3) is 2.25. The average molecular weight is 336 g/mol. The van der Waals surface area contributed by atoms with Crippen molar-refractivity contribution in [2.75, 3.05) is 13.7 Å². The van der Waals surface area contributed by atoms with E-state index in [-0.39, 0.29) is 0 Å². The van der Waals surface area contributed by atoms with Gasteiger partial charge in [0.1, 0.15) is 5.75 Å². The Bertz CT molecular complexity index is 636. The van der Waals surface area contributed by atoms with Crippen LogP contribution < -0.4 is 10.5 Å². The Hall–Kier alpha value is -1.33. The predicted octanol–water partition coefficient (Wildman–Crippen LogP) is 2.77. The zero-order valence-corrected chi connectivity index (χ0v) is 13.1. The molecule has 2 N–H and O–H groups in total. The summed E-state index contributed by atoms with van der Waals surface area (Å²) < 4.78 is 8.70. The normalized spacial score (nSPS) is 13.6. The number of fused-ring (bicyclic) bond motifs is 1. The van der Waals surface area contributed by atoms with E-state index >= 15 is 0 Å². The lowest BCUT2D eigenvalue weighted by atomic mass is 9.99. The van der Waals surface area contributed by atoms with Gasteiger partial charge in [-0.15, -0.1) is 0 Å². The van der Waals surface area contributed by atoms with Crippen molar-refractivity contribution < 1.29 is 4.74 Å². The van der Waals surface area contributed by atoms with Gasteiger partial charge in [-0.2, -0.15) is 5.10 Å². The van der Waals surface area contributed by atoms with Gasteiger partial charge in [0.2, 0.25) is 0 Å². The topological polar surface area (TPSA) is 53.1 Å². The zero-order valence-electron chi connectivity index (χ0n) is 11.5. The molecular weight excluding hydrogens is 318 g/mol. The van der Waals surface area contributed by atoms with Gasteiger partial charge in [0.05, 0.1) is 12.8 Å². The maximum Gasteiger partial charge on any atom is 0.126 e. The molecule has 0 saturated heterocycles. The molecule has 0 saturated carbocycles. The second-order valence-electron chi connectivity index (χ2n) is 4.98. The monoisotopic (exact) mass is 335 g/mol.